The van der Waals surface area contributed by atoms with Crippen LogP contribution < -0.4 is 10.6 Å². The molecule has 1 fully saturated rings. The van der Waals surface area contributed by atoms with E-state index in [1.807, 2.05) is 7.05 Å². The molecule has 2 N–H and O–H groups in total. The molecule has 0 aliphatic heterocycles. The molecule has 0 bridgehead atoms. The first-order valence-electron chi connectivity index (χ1n) is 5.27. The van der Waals surface area contributed by atoms with E-state index in [1.54, 1.807) is 10.9 Å². The highest BCUT2D eigenvalue weighted by molar-refractivity contribution is 14.1. The third-order valence-corrected chi connectivity index (χ3v) is 3.79. The number of aromatic nitrogens is 2. The maximum atomic E-state index is 11.8. The van der Waals surface area contributed by atoms with E-state index in [1.165, 1.54) is 6.42 Å². The minimum absolute atomic E-state index is 0.0197. The summed E-state index contributed by atoms with van der Waals surface area (Å²) in [5, 5.41) is 9.88. The number of rotatable bonds is 2. The number of hydrogen-bond acceptors (Lipinski definition) is 2. The molecule has 1 aliphatic carbocycles. The van der Waals surface area contributed by atoms with E-state index in [4.69, 9.17) is 0 Å². The Labute approximate surface area is 108 Å². The number of aryl methyl sites for hydroxylation is 1. The highest BCUT2D eigenvalue weighted by Crippen LogP contribution is 2.30. The number of anilines is 1. The molecule has 6 heteroatoms. The Morgan fingerprint density at radius 2 is 2.31 bits per heavy atom. The predicted molar refractivity (Wildman–Crippen MR) is 70.3 cm³/mol. The van der Waals surface area contributed by atoms with Gasteiger partial charge in [0.2, 0.25) is 0 Å². The van der Waals surface area contributed by atoms with Gasteiger partial charge >= 0.3 is 6.03 Å². The molecule has 2 amide bonds. The molecule has 1 aromatic rings. The number of carbonyl (C=O) groups excluding carboxylic acids is 1. The topological polar surface area (TPSA) is 59.0 Å². The van der Waals surface area contributed by atoms with E-state index in [0.29, 0.717) is 0 Å². The van der Waals surface area contributed by atoms with E-state index in [-0.39, 0.29) is 11.6 Å². The normalized spacial score (nSPS) is 17.7. The zero-order valence-corrected chi connectivity index (χ0v) is 11.5. The molecule has 1 saturated carbocycles. The highest BCUT2D eigenvalue weighted by atomic mass is 127. The number of nitrogens with one attached hydrogen (secondary N) is 2. The maximum Gasteiger partial charge on any atom is 0.320 e. The number of carbonyl (C=O) groups is 1. The van der Waals surface area contributed by atoms with Crippen LogP contribution >= 0.6 is 22.6 Å². The fraction of sp³-hybridized carbons (Fsp3) is 0.600. The molecule has 1 heterocycles. The molecule has 1 aromatic heterocycles. The lowest BCUT2D eigenvalue weighted by Crippen LogP contribution is -2.52. The van der Waals surface area contributed by atoms with Crippen molar-refractivity contribution in [2.45, 2.75) is 31.7 Å². The molecule has 0 radical (unpaired) electrons. The Morgan fingerprint density at radius 3 is 2.75 bits per heavy atom. The summed E-state index contributed by atoms with van der Waals surface area (Å²) in [4.78, 5) is 11.8. The second-order valence-electron chi connectivity index (χ2n) is 4.46. The number of urea groups is 1. The van der Waals surface area contributed by atoms with Gasteiger partial charge < -0.3 is 5.32 Å². The van der Waals surface area contributed by atoms with Gasteiger partial charge in [-0.2, -0.15) is 5.10 Å². The predicted octanol–water partition coefficient (Wildman–Crippen LogP) is 2.09. The summed E-state index contributed by atoms with van der Waals surface area (Å²) in [7, 11) is 1.81. The van der Waals surface area contributed by atoms with Crippen molar-refractivity contribution in [3.05, 3.63) is 9.77 Å². The number of hydrogen-bond donors (Lipinski definition) is 2. The SMILES string of the molecule is Cn1ncc(I)c1NC(=O)NC1(C)CCC1. The highest BCUT2D eigenvalue weighted by Gasteiger charge is 2.33. The Balaban J connectivity index is 1.97. The third-order valence-electron chi connectivity index (χ3n) is 3.00. The maximum absolute atomic E-state index is 11.8. The zero-order chi connectivity index (χ0) is 11.8. The number of nitrogens with zero attached hydrogens (tertiary/aromatic N) is 2. The van der Waals surface area contributed by atoms with Crippen LogP contribution in [0.4, 0.5) is 10.6 Å². The first-order chi connectivity index (χ1) is 7.50. The van der Waals surface area contributed by atoms with Gasteiger partial charge in [0.05, 0.1) is 9.77 Å². The Morgan fingerprint density at radius 1 is 1.62 bits per heavy atom. The molecule has 2 rings (SSSR count). The van der Waals surface area contributed by atoms with E-state index < -0.39 is 0 Å². The van der Waals surface area contributed by atoms with Gasteiger partial charge in [0, 0.05) is 12.6 Å². The van der Waals surface area contributed by atoms with E-state index in [9.17, 15) is 4.79 Å². The monoisotopic (exact) mass is 334 g/mol. The minimum atomic E-state index is -0.149. The van der Waals surface area contributed by atoms with Crippen LogP contribution in [-0.4, -0.2) is 21.4 Å². The summed E-state index contributed by atoms with van der Waals surface area (Å²) in [6.45, 7) is 2.07. The van der Waals surface area contributed by atoms with Gasteiger partial charge in [0.25, 0.3) is 0 Å². The summed E-state index contributed by atoms with van der Waals surface area (Å²) >= 11 is 2.15. The Bertz CT molecular complexity index is 391. The molecule has 16 heavy (non-hydrogen) atoms. The van der Waals surface area contributed by atoms with E-state index in [2.05, 4.69) is 45.2 Å². The molecule has 5 nitrogen and oxygen atoms in total. The van der Waals surface area contributed by atoms with Crippen LogP contribution in [0.1, 0.15) is 26.2 Å². The molecule has 0 unspecified atom stereocenters. The lowest BCUT2D eigenvalue weighted by Gasteiger charge is -2.38. The van der Waals surface area contributed by atoms with E-state index >= 15 is 0 Å². The van der Waals surface area contributed by atoms with Gasteiger partial charge in [-0.15, -0.1) is 0 Å². The minimum Gasteiger partial charge on any atom is -0.333 e. The Kier molecular flexibility index (Phi) is 3.09. The second kappa shape index (κ2) is 4.23. The quantitative estimate of drug-likeness (QED) is 0.814. The van der Waals surface area contributed by atoms with Crippen molar-refractivity contribution in [3.8, 4) is 0 Å². The van der Waals surface area contributed by atoms with Gasteiger partial charge in [0.1, 0.15) is 5.82 Å². The smallest absolute Gasteiger partial charge is 0.320 e. The molecule has 88 valence electrons. The van der Waals surface area contributed by atoms with Gasteiger partial charge in [-0.25, -0.2) is 4.79 Å². The van der Waals surface area contributed by atoms with Crippen molar-refractivity contribution in [1.82, 2.24) is 15.1 Å². The summed E-state index contributed by atoms with van der Waals surface area (Å²) in [5.74, 6) is 0.737. The fourth-order valence-electron chi connectivity index (χ4n) is 1.80. The molecule has 0 aromatic carbocycles. The number of halogens is 1. The summed E-state index contributed by atoms with van der Waals surface area (Å²) in [6.07, 6.45) is 5.03. The van der Waals surface area contributed by atoms with Crippen LogP contribution in [0.3, 0.4) is 0 Å². The standard InChI is InChI=1S/C10H15IN4O/c1-10(4-3-5-10)14-9(16)13-8-7(11)6-12-15(8)2/h6H,3-5H2,1-2H3,(H2,13,14,16). The largest absolute Gasteiger partial charge is 0.333 e. The molecule has 1 aliphatic rings. The van der Waals surface area contributed by atoms with Crippen molar-refractivity contribution >= 4 is 34.4 Å². The fourth-order valence-corrected chi connectivity index (χ4v) is 2.40. The first kappa shape index (κ1) is 11.7. The molecular weight excluding hydrogens is 319 g/mol. The molecule has 0 spiro atoms. The molecular formula is C10H15IN4O. The average Bonchev–Trinajstić information content (AvgIpc) is 2.47. The third kappa shape index (κ3) is 2.31. The van der Waals surface area contributed by atoms with Crippen LogP contribution in [0, 0.1) is 3.57 Å². The molecule has 0 atom stereocenters. The van der Waals surface area contributed by atoms with Crippen molar-refractivity contribution in [2.24, 2.45) is 7.05 Å². The van der Waals surface area contributed by atoms with Crippen LogP contribution in [0.15, 0.2) is 6.20 Å². The van der Waals surface area contributed by atoms with Crippen molar-refractivity contribution in [3.63, 3.8) is 0 Å². The van der Waals surface area contributed by atoms with Gasteiger partial charge in [-0.05, 0) is 48.8 Å². The first-order valence-corrected chi connectivity index (χ1v) is 6.35. The van der Waals surface area contributed by atoms with Crippen LogP contribution in [0.5, 0.6) is 0 Å². The second-order valence-corrected chi connectivity index (χ2v) is 5.62. The number of amides is 2. The zero-order valence-electron chi connectivity index (χ0n) is 9.38. The molecule has 0 saturated heterocycles. The van der Waals surface area contributed by atoms with Crippen molar-refractivity contribution in [2.75, 3.05) is 5.32 Å². The average molecular weight is 334 g/mol. The summed E-state index contributed by atoms with van der Waals surface area (Å²) in [5.41, 5.74) is -0.0197. The lowest BCUT2D eigenvalue weighted by molar-refractivity contribution is 0.200. The van der Waals surface area contributed by atoms with Gasteiger partial charge in [0.15, 0.2) is 0 Å². The van der Waals surface area contributed by atoms with Crippen LogP contribution in [-0.2, 0) is 7.05 Å². The summed E-state index contributed by atoms with van der Waals surface area (Å²) < 4.78 is 2.60. The van der Waals surface area contributed by atoms with Crippen molar-refractivity contribution in [1.29, 1.82) is 0 Å². The lowest BCUT2D eigenvalue weighted by atomic mass is 9.79. The van der Waals surface area contributed by atoms with E-state index in [0.717, 1.165) is 22.2 Å². The van der Waals surface area contributed by atoms with Gasteiger partial charge in [-0.3, -0.25) is 10.00 Å². The summed E-state index contributed by atoms with van der Waals surface area (Å²) in [6, 6.07) is -0.149. The Hall–Kier alpha value is -0.790. The van der Waals surface area contributed by atoms with Crippen LogP contribution in [0.25, 0.3) is 0 Å². The van der Waals surface area contributed by atoms with Crippen LogP contribution in [0.2, 0.25) is 0 Å². The van der Waals surface area contributed by atoms with Gasteiger partial charge in [-0.1, -0.05) is 0 Å². The van der Waals surface area contributed by atoms with Crippen molar-refractivity contribution < 1.29 is 4.79 Å².